The van der Waals surface area contributed by atoms with Crippen LogP contribution in [0.2, 0.25) is 0 Å². The van der Waals surface area contributed by atoms with E-state index in [0.717, 1.165) is 29.9 Å². The predicted octanol–water partition coefficient (Wildman–Crippen LogP) is 2.94. The van der Waals surface area contributed by atoms with Crippen molar-refractivity contribution in [2.24, 2.45) is 0 Å². The van der Waals surface area contributed by atoms with Gasteiger partial charge in [0.2, 0.25) is 0 Å². The molecule has 108 valence electrons. The lowest BCUT2D eigenvalue weighted by atomic mass is 9.96. The molecule has 0 fully saturated rings. The fourth-order valence-corrected chi connectivity index (χ4v) is 2.36. The number of H-pyrrole nitrogens is 1. The van der Waals surface area contributed by atoms with Crippen LogP contribution in [0, 0.1) is 0 Å². The quantitative estimate of drug-likeness (QED) is 0.792. The number of hydrogen-bond donors (Lipinski definition) is 3. The van der Waals surface area contributed by atoms with Gasteiger partial charge in [-0.2, -0.15) is 0 Å². The zero-order chi connectivity index (χ0) is 14.7. The molecule has 21 heavy (non-hydrogen) atoms. The SMILES string of the molecule is COC(=O)Nc1ccc2c(c1)/C(=C/c1c[nH]cn1)CCN2. The summed E-state index contributed by atoms with van der Waals surface area (Å²) >= 11 is 0. The molecule has 1 aromatic carbocycles. The molecule has 0 spiro atoms. The number of aromatic nitrogens is 2. The Bertz CT molecular complexity index is 677. The van der Waals surface area contributed by atoms with Crippen molar-refractivity contribution in [2.45, 2.75) is 6.42 Å². The Hall–Kier alpha value is -2.76. The maximum atomic E-state index is 11.3. The summed E-state index contributed by atoms with van der Waals surface area (Å²) in [5.74, 6) is 0. The zero-order valence-electron chi connectivity index (χ0n) is 11.6. The van der Waals surface area contributed by atoms with E-state index in [0.29, 0.717) is 5.69 Å². The molecule has 1 aliphatic rings. The van der Waals surface area contributed by atoms with Gasteiger partial charge in [-0.15, -0.1) is 0 Å². The Morgan fingerprint density at radius 2 is 2.38 bits per heavy atom. The molecule has 0 bridgehead atoms. The maximum absolute atomic E-state index is 11.3. The summed E-state index contributed by atoms with van der Waals surface area (Å²) in [6.45, 7) is 0.882. The second-order valence-electron chi connectivity index (χ2n) is 4.72. The van der Waals surface area contributed by atoms with E-state index in [1.54, 1.807) is 6.33 Å². The predicted molar refractivity (Wildman–Crippen MR) is 82.0 cm³/mol. The standard InChI is InChI=1S/C15H16N4O2/c1-21-15(20)19-11-2-3-14-13(7-11)10(4-5-17-14)6-12-8-16-9-18-12/h2-3,6-9,17H,4-5H2,1H3,(H,16,18)(H,19,20)/b10-6+. The Morgan fingerprint density at radius 1 is 1.48 bits per heavy atom. The summed E-state index contributed by atoms with van der Waals surface area (Å²) in [6, 6.07) is 5.75. The summed E-state index contributed by atoms with van der Waals surface area (Å²) in [5, 5.41) is 6.04. The number of benzene rings is 1. The second-order valence-corrected chi connectivity index (χ2v) is 4.72. The molecule has 6 nitrogen and oxygen atoms in total. The Kier molecular flexibility index (Phi) is 3.59. The van der Waals surface area contributed by atoms with Gasteiger partial charge in [-0.25, -0.2) is 9.78 Å². The highest BCUT2D eigenvalue weighted by molar-refractivity contribution is 5.92. The average molecular weight is 284 g/mol. The van der Waals surface area contributed by atoms with E-state index in [1.807, 2.05) is 24.4 Å². The van der Waals surface area contributed by atoms with Crippen molar-refractivity contribution in [3.8, 4) is 0 Å². The van der Waals surface area contributed by atoms with Gasteiger partial charge in [-0.3, -0.25) is 5.32 Å². The van der Waals surface area contributed by atoms with E-state index in [9.17, 15) is 4.79 Å². The fourth-order valence-electron chi connectivity index (χ4n) is 2.36. The lowest BCUT2D eigenvalue weighted by Crippen LogP contribution is -2.14. The molecular weight excluding hydrogens is 268 g/mol. The number of methoxy groups -OCH3 is 1. The lowest BCUT2D eigenvalue weighted by Gasteiger charge is -2.21. The van der Waals surface area contributed by atoms with Crippen LogP contribution in [0.1, 0.15) is 17.7 Å². The third-order valence-electron chi connectivity index (χ3n) is 3.35. The number of ether oxygens (including phenoxy) is 1. The summed E-state index contributed by atoms with van der Waals surface area (Å²) in [4.78, 5) is 18.5. The van der Waals surface area contributed by atoms with Gasteiger partial charge in [0.25, 0.3) is 0 Å². The number of carbonyl (C=O) groups excluding carboxylic acids is 1. The van der Waals surface area contributed by atoms with Gasteiger partial charge in [-0.05, 0) is 36.3 Å². The highest BCUT2D eigenvalue weighted by Crippen LogP contribution is 2.34. The molecular formula is C15H16N4O2. The van der Waals surface area contributed by atoms with Crippen LogP contribution < -0.4 is 10.6 Å². The molecule has 3 rings (SSSR count). The Balaban J connectivity index is 1.95. The molecule has 1 aromatic heterocycles. The van der Waals surface area contributed by atoms with Gasteiger partial charge in [0.15, 0.2) is 0 Å². The van der Waals surface area contributed by atoms with Crippen LogP contribution in [0.5, 0.6) is 0 Å². The number of aromatic amines is 1. The van der Waals surface area contributed by atoms with E-state index in [4.69, 9.17) is 0 Å². The van der Waals surface area contributed by atoms with Gasteiger partial charge in [0.05, 0.1) is 19.1 Å². The Labute approximate surface area is 122 Å². The second kappa shape index (κ2) is 5.70. The van der Waals surface area contributed by atoms with Crippen molar-refractivity contribution in [3.63, 3.8) is 0 Å². The van der Waals surface area contributed by atoms with Crippen LogP contribution in [0.25, 0.3) is 11.6 Å². The first-order valence-corrected chi connectivity index (χ1v) is 6.69. The first kappa shape index (κ1) is 13.2. The van der Waals surface area contributed by atoms with Gasteiger partial charge in [-0.1, -0.05) is 0 Å². The monoisotopic (exact) mass is 284 g/mol. The van der Waals surface area contributed by atoms with Crippen LogP contribution in [0.15, 0.2) is 30.7 Å². The van der Waals surface area contributed by atoms with Crippen molar-refractivity contribution in [1.82, 2.24) is 9.97 Å². The van der Waals surface area contributed by atoms with Gasteiger partial charge in [0.1, 0.15) is 0 Å². The minimum atomic E-state index is -0.475. The van der Waals surface area contributed by atoms with E-state index in [2.05, 4.69) is 31.4 Å². The molecule has 3 N–H and O–H groups in total. The van der Waals surface area contributed by atoms with E-state index in [-0.39, 0.29) is 0 Å². The molecule has 0 saturated heterocycles. The average Bonchev–Trinajstić information content (AvgIpc) is 3.01. The molecule has 1 aliphatic heterocycles. The zero-order valence-corrected chi connectivity index (χ0v) is 11.6. The van der Waals surface area contributed by atoms with Gasteiger partial charge < -0.3 is 15.0 Å². The number of rotatable bonds is 2. The van der Waals surface area contributed by atoms with Crippen molar-refractivity contribution < 1.29 is 9.53 Å². The summed E-state index contributed by atoms with van der Waals surface area (Å²) in [6.07, 6.45) is 5.99. The number of hydrogen-bond acceptors (Lipinski definition) is 4. The smallest absolute Gasteiger partial charge is 0.411 e. The maximum Gasteiger partial charge on any atom is 0.411 e. The summed E-state index contributed by atoms with van der Waals surface area (Å²) in [5.41, 5.74) is 4.90. The fraction of sp³-hybridized carbons (Fsp3) is 0.200. The topological polar surface area (TPSA) is 79.0 Å². The lowest BCUT2D eigenvalue weighted by molar-refractivity contribution is 0.187. The molecule has 0 aliphatic carbocycles. The number of carbonyl (C=O) groups is 1. The minimum Gasteiger partial charge on any atom is -0.453 e. The van der Waals surface area contributed by atoms with Crippen LogP contribution in [0.3, 0.4) is 0 Å². The third kappa shape index (κ3) is 2.89. The van der Waals surface area contributed by atoms with E-state index < -0.39 is 6.09 Å². The number of fused-ring (bicyclic) bond motifs is 1. The Morgan fingerprint density at radius 3 is 3.14 bits per heavy atom. The number of nitrogens with zero attached hydrogens (tertiary/aromatic N) is 1. The van der Waals surface area contributed by atoms with Crippen LogP contribution >= 0.6 is 0 Å². The third-order valence-corrected chi connectivity index (χ3v) is 3.35. The highest BCUT2D eigenvalue weighted by Gasteiger charge is 2.15. The highest BCUT2D eigenvalue weighted by atomic mass is 16.5. The van der Waals surface area contributed by atoms with Crippen molar-refractivity contribution in [2.75, 3.05) is 24.3 Å². The molecule has 2 heterocycles. The minimum absolute atomic E-state index is 0.475. The van der Waals surface area contributed by atoms with Crippen molar-refractivity contribution in [3.05, 3.63) is 42.0 Å². The van der Waals surface area contributed by atoms with Crippen molar-refractivity contribution >= 4 is 29.1 Å². The number of anilines is 2. The number of nitrogens with one attached hydrogen (secondary N) is 3. The number of imidazole rings is 1. The molecule has 2 aromatic rings. The van der Waals surface area contributed by atoms with Gasteiger partial charge in [0, 0.05) is 29.7 Å². The van der Waals surface area contributed by atoms with Crippen molar-refractivity contribution in [1.29, 1.82) is 0 Å². The number of amides is 1. The molecule has 0 radical (unpaired) electrons. The van der Waals surface area contributed by atoms with E-state index >= 15 is 0 Å². The first-order chi connectivity index (χ1) is 10.3. The van der Waals surface area contributed by atoms with Crippen LogP contribution in [-0.4, -0.2) is 29.7 Å². The molecule has 1 amide bonds. The molecule has 0 unspecified atom stereocenters. The van der Waals surface area contributed by atoms with Gasteiger partial charge >= 0.3 is 6.09 Å². The molecule has 6 heteroatoms. The van der Waals surface area contributed by atoms with Crippen LogP contribution in [0.4, 0.5) is 16.2 Å². The molecule has 0 saturated carbocycles. The summed E-state index contributed by atoms with van der Waals surface area (Å²) in [7, 11) is 1.35. The summed E-state index contributed by atoms with van der Waals surface area (Å²) < 4.78 is 4.62. The first-order valence-electron chi connectivity index (χ1n) is 6.69. The van der Waals surface area contributed by atoms with Crippen LogP contribution in [-0.2, 0) is 4.74 Å². The molecule has 0 atom stereocenters. The largest absolute Gasteiger partial charge is 0.453 e. The normalized spacial score (nSPS) is 15.2. The van der Waals surface area contributed by atoms with E-state index in [1.165, 1.54) is 12.7 Å².